The molecule has 2 aromatic rings. The zero-order valence-electron chi connectivity index (χ0n) is 15.0. The zero-order valence-corrected chi connectivity index (χ0v) is 15.8. The normalized spacial score (nSPS) is 22.4. The molecule has 4 rings (SSSR count). The molecule has 0 saturated carbocycles. The first kappa shape index (κ1) is 18.0. The lowest BCUT2D eigenvalue weighted by atomic mass is 9.92. The van der Waals surface area contributed by atoms with Crippen molar-refractivity contribution in [3.63, 3.8) is 0 Å². The fourth-order valence-electron chi connectivity index (χ4n) is 3.96. The number of anilines is 1. The number of nitriles is 1. The van der Waals surface area contributed by atoms with Gasteiger partial charge in [0.2, 0.25) is 5.91 Å². The van der Waals surface area contributed by atoms with Crippen molar-refractivity contribution >= 4 is 23.2 Å². The van der Waals surface area contributed by atoms with Crippen molar-refractivity contribution in [2.24, 2.45) is 0 Å². The fourth-order valence-corrected chi connectivity index (χ4v) is 4.18. The number of carbonyl (C=O) groups excluding carboxylic acids is 1. The molecule has 0 aromatic heterocycles. The van der Waals surface area contributed by atoms with Crippen LogP contribution in [0, 0.1) is 11.3 Å². The highest BCUT2D eigenvalue weighted by Crippen LogP contribution is 2.43. The molecule has 2 atom stereocenters. The lowest BCUT2D eigenvalue weighted by molar-refractivity contribution is -0.120. The molecular weight excluding hydrogens is 362 g/mol. The second-order valence-electron chi connectivity index (χ2n) is 7.13. The quantitative estimate of drug-likeness (QED) is 0.880. The summed E-state index contributed by atoms with van der Waals surface area (Å²) in [7, 11) is 0. The van der Waals surface area contributed by atoms with E-state index < -0.39 is 0 Å². The van der Waals surface area contributed by atoms with Crippen LogP contribution >= 0.6 is 11.6 Å². The molecule has 2 aliphatic heterocycles. The topological polar surface area (TPSA) is 65.4 Å². The van der Waals surface area contributed by atoms with Crippen molar-refractivity contribution in [3.8, 4) is 6.07 Å². The molecular formula is C21H20ClN3O2. The molecule has 1 fully saturated rings. The molecule has 2 aliphatic rings. The van der Waals surface area contributed by atoms with Crippen LogP contribution in [0.3, 0.4) is 0 Å². The van der Waals surface area contributed by atoms with Crippen LogP contribution in [-0.4, -0.2) is 29.9 Å². The number of fused-ring (bicyclic) bond motifs is 2. The Morgan fingerprint density at radius 2 is 2.19 bits per heavy atom. The third-order valence-corrected chi connectivity index (χ3v) is 5.87. The summed E-state index contributed by atoms with van der Waals surface area (Å²) in [5.74, 6) is -0.0980. The van der Waals surface area contributed by atoms with E-state index in [1.165, 1.54) is 11.1 Å². The summed E-state index contributed by atoms with van der Waals surface area (Å²) in [5, 5.41) is 12.2. The minimum atomic E-state index is -0.303. The molecule has 0 radical (unpaired) electrons. The first-order valence-electron chi connectivity index (χ1n) is 8.99. The van der Waals surface area contributed by atoms with E-state index in [0.29, 0.717) is 29.4 Å². The standard InChI is InChI=1S/C21H20ClN3O2/c1-14(20(26)24-17-7-6-15(11-23)19(22)10-17)25-9-8-21(13-25)18-5-3-2-4-16(18)12-27-21/h2-7,10,14H,8-9,12-13H2,1H3,(H,24,26). The largest absolute Gasteiger partial charge is 0.364 e. The molecule has 0 bridgehead atoms. The monoisotopic (exact) mass is 381 g/mol. The van der Waals surface area contributed by atoms with Crippen LogP contribution in [0.1, 0.15) is 30.0 Å². The van der Waals surface area contributed by atoms with E-state index in [2.05, 4.69) is 22.3 Å². The Hall–Kier alpha value is -2.39. The highest BCUT2D eigenvalue weighted by molar-refractivity contribution is 6.32. The second-order valence-corrected chi connectivity index (χ2v) is 7.54. The van der Waals surface area contributed by atoms with E-state index in [1.807, 2.05) is 25.1 Å². The molecule has 138 valence electrons. The molecule has 2 heterocycles. The number of hydrogen-bond donors (Lipinski definition) is 1. The average molecular weight is 382 g/mol. The maximum Gasteiger partial charge on any atom is 0.241 e. The Labute approximate surface area is 163 Å². The van der Waals surface area contributed by atoms with Crippen LogP contribution in [0.15, 0.2) is 42.5 Å². The van der Waals surface area contributed by atoms with Gasteiger partial charge in [0, 0.05) is 18.8 Å². The summed E-state index contributed by atoms with van der Waals surface area (Å²) in [6, 6.07) is 14.9. The van der Waals surface area contributed by atoms with Gasteiger partial charge in [-0.05, 0) is 42.7 Å². The van der Waals surface area contributed by atoms with Crippen molar-refractivity contribution in [1.82, 2.24) is 4.90 Å². The summed E-state index contributed by atoms with van der Waals surface area (Å²) in [5.41, 5.74) is 3.17. The molecule has 2 unspecified atom stereocenters. The Morgan fingerprint density at radius 1 is 1.37 bits per heavy atom. The van der Waals surface area contributed by atoms with E-state index in [4.69, 9.17) is 21.6 Å². The molecule has 1 saturated heterocycles. The second kappa shape index (κ2) is 6.97. The zero-order chi connectivity index (χ0) is 19.0. The van der Waals surface area contributed by atoms with Crippen LogP contribution in [-0.2, 0) is 21.7 Å². The van der Waals surface area contributed by atoms with Crippen molar-refractivity contribution in [1.29, 1.82) is 5.26 Å². The van der Waals surface area contributed by atoms with E-state index in [9.17, 15) is 4.79 Å². The van der Waals surface area contributed by atoms with Crippen LogP contribution in [0.4, 0.5) is 5.69 Å². The van der Waals surface area contributed by atoms with Gasteiger partial charge in [-0.1, -0.05) is 35.9 Å². The van der Waals surface area contributed by atoms with E-state index >= 15 is 0 Å². The number of hydrogen-bond acceptors (Lipinski definition) is 4. The van der Waals surface area contributed by atoms with Gasteiger partial charge < -0.3 is 10.1 Å². The highest BCUT2D eigenvalue weighted by atomic mass is 35.5. The van der Waals surface area contributed by atoms with Crippen molar-refractivity contribution in [2.75, 3.05) is 18.4 Å². The number of ether oxygens (including phenoxy) is 1. The molecule has 0 aliphatic carbocycles. The lowest BCUT2D eigenvalue weighted by Gasteiger charge is -2.27. The van der Waals surface area contributed by atoms with Gasteiger partial charge in [0.05, 0.1) is 23.2 Å². The third kappa shape index (κ3) is 3.21. The Kier molecular flexibility index (Phi) is 4.65. The molecule has 2 aromatic carbocycles. The lowest BCUT2D eigenvalue weighted by Crippen LogP contribution is -2.42. The number of halogens is 1. The smallest absolute Gasteiger partial charge is 0.241 e. The molecule has 6 heteroatoms. The molecule has 1 N–H and O–H groups in total. The first-order valence-corrected chi connectivity index (χ1v) is 9.37. The Balaban J connectivity index is 1.45. The number of amides is 1. The van der Waals surface area contributed by atoms with Crippen LogP contribution < -0.4 is 5.32 Å². The van der Waals surface area contributed by atoms with Gasteiger partial charge in [-0.25, -0.2) is 0 Å². The molecule has 5 nitrogen and oxygen atoms in total. The van der Waals surface area contributed by atoms with Gasteiger partial charge in [-0.2, -0.15) is 5.26 Å². The number of likely N-dealkylation sites (tertiary alicyclic amines) is 1. The predicted octanol–water partition coefficient (Wildman–Crippen LogP) is 3.67. The number of nitrogens with one attached hydrogen (secondary N) is 1. The van der Waals surface area contributed by atoms with E-state index in [0.717, 1.165) is 13.0 Å². The van der Waals surface area contributed by atoms with Crippen molar-refractivity contribution < 1.29 is 9.53 Å². The van der Waals surface area contributed by atoms with Crippen LogP contribution in [0.5, 0.6) is 0 Å². The van der Waals surface area contributed by atoms with Crippen molar-refractivity contribution in [2.45, 2.75) is 31.6 Å². The molecule has 1 amide bonds. The fraction of sp³-hybridized carbons (Fsp3) is 0.333. The Morgan fingerprint density at radius 3 is 2.96 bits per heavy atom. The predicted molar refractivity (Wildman–Crippen MR) is 103 cm³/mol. The maximum absolute atomic E-state index is 12.7. The minimum Gasteiger partial charge on any atom is -0.364 e. The molecule has 27 heavy (non-hydrogen) atoms. The summed E-state index contributed by atoms with van der Waals surface area (Å²) in [6.07, 6.45) is 0.879. The van der Waals surface area contributed by atoms with Gasteiger partial charge in [-0.3, -0.25) is 9.69 Å². The van der Waals surface area contributed by atoms with Gasteiger partial charge >= 0.3 is 0 Å². The van der Waals surface area contributed by atoms with E-state index in [1.54, 1.807) is 18.2 Å². The first-order chi connectivity index (χ1) is 13.0. The average Bonchev–Trinajstić information content (AvgIpc) is 3.27. The number of benzene rings is 2. The van der Waals surface area contributed by atoms with Crippen LogP contribution in [0.25, 0.3) is 0 Å². The van der Waals surface area contributed by atoms with Gasteiger partial charge in [0.1, 0.15) is 11.7 Å². The minimum absolute atomic E-state index is 0.0980. The summed E-state index contributed by atoms with van der Waals surface area (Å²) in [4.78, 5) is 14.9. The third-order valence-electron chi connectivity index (χ3n) is 5.56. The Bertz CT molecular complexity index is 939. The molecule has 1 spiro atoms. The summed E-state index contributed by atoms with van der Waals surface area (Å²) in [6.45, 7) is 4.04. The van der Waals surface area contributed by atoms with Crippen molar-refractivity contribution in [3.05, 3.63) is 64.2 Å². The van der Waals surface area contributed by atoms with Gasteiger partial charge in [0.25, 0.3) is 0 Å². The summed E-state index contributed by atoms with van der Waals surface area (Å²) >= 11 is 6.05. The van der Waals surface area contributed by atoms with E-state index in [-0.39, 0.29) is 17.6 Å². The van der Waals surface area contributed by atoms with Gasteiger partial charge in [-0.15, -0.1) is 0 Å². The van der Waals surface area contributed by atoms with Crippen LogP contribution in [0.2, 0.25) is 5.02 Å². The SMILES string of the molecule is CC(C(=O)Nc1ccc(C#N)c(Cl)c1)N1CCC2(C1)OCc1ccccc12. The number of nitrogens with zero attached hydrogens (tertiary/aromatic N) is 2. The van der Waals surface area contributed by atoms with Gasteiger partial charge in [0.15, 0.2) is 0 Å². The number of carbonyl (C=O) groups is 1. The summed E-state index contributed by atoms with van der Waals surface area (Å²) < 4.78 is 6.17. The highest BCUT2D eigenvalue weighted by Gasteiger charge is 2.47. The maximum atomic E-state index is 12.7. The number of rotatable bonds is 3.